The highest BCUT2D eigenvalue weighted by atomic mass is 16.2. The molecule has 1 rings (SSSR count). The molecule has 0 unspecified atom stereocenters. The lowest BCUT2D eigenvalue weighted by Crippen LogP contribution is -2.55. The van der Waals surface area contributed by atoms with E-state index in [1.807, 2.05) is 20.8 Å². The predicted molar refractivity (Wildman–Crippen MR) is 67.3 cm³/mol. The average molecular weight is 226 g/mol. The average Bonchev–Trinajstić information content (AvgIpc) is 2.21. The monoisotopic (exact) mass is 226 g/mol. The minimum atomic E-state index is -0.447. The van der Waals surface area contributed by atoms with Crippen LogP contribution in [0.1, 0.15) is 53.4 Å². The molecular weight excluding hydrogens is 200 g/mol. The van der Waals surface area contributed by atoms with E-state index in [2.05, 4.69) is 17.6 Å². The van der Waals surface area contributed by atoms with Crippen LogP contribution >= 0.6 is 0 Å². The zero-order valence-electron chi connectivity index (χ0n) is 11.1. The Balaban J connectivity index is 2.39. The van der Waals surface area contributed by atoms with Crippen LogP contribution in [0.15, 0.2) is 0 Å². The van der Waals surface area contributed by atoms with Gasteiger partial charge in [-0.25, -0.2) is 0 Å². The van der Waals surface area contributed by atoms with E-state index in [1.165, 1.54) is 12.8 Å². The number of carbonyl (C=O) groups is 1. The second kappa shape index (κ2) is 5.67. The molecule has 1 fully saturated rings. The number of amides is 1. The summed E-state index contributed by atoms with van der Waals surface area (Å²) in [4.78, 5) is 12.0. The summed E-state index contributed by atoms with van der Waals surface area (Å²) in [5.41, 5.74) is -0.447. The second-order valence-corrected chi connectivity index (χ2v) is 5.59. The minimum absolute atomic E-state index is 0.133. The fourth-order valence-electron chi connectivity index (χ4n) is 2.29. The van der Waals surface area contributed by atoms with Gasteiger partial charge >= 0.3 is 0 Å². The van der Waals surface area contributed by atoms with Gasteiger partial charge in [0.1, 0.15) is 0 Å². The summed E-state index contributed by atoms with van der Waals surface area (Å²) in [7, 11) is 0. The van der Waals surface area contributed by atoms with Gasteiger partial charge in [0.15, 0.2) is 0 Å². The van der Waals surface area contributed by atoms with Gasteiger partial charge in [-0.3, -0.25) is 4.79 Å². The Kier molecular flexibility index (Phi) is 4.78. The predicted octanol–water partition coefficient (Wildman–Crippen LogP) is 2.07. The summed E-state index contributed by atoms with van der Waals surface area (Å²) in [5.74, 6) is 0.962. The number of hydrogen-bond acceptors (Lipinski definition) is 2. The van der Waals surface area contributed by atoms with Crippen LogP contribution in [0.3, 0.4) is 0 Å². The van der Waals surface area contributed by atoms with Crippen molar-refractivity contribution in [3.05, 3.63) is 0 Å². The number of rotatable bonds is 4. The molecule has 0 heterocycles. The van der Waals surface area contributed by atoms with Crippen molar-refractivity contribution in [1.82, 2.24) is 10.6 Å². The highest BCUT2D eigenvalue weighted by Crippen LogP contribution is 2.23. The zero-order chi connectivity index (χ0) is 12.2. The first kappa shape index (κ1) is 13.5. The van der Waals surface area contributed by atoms with E-state index in [4.69, 9.17) is 0 Å². The highest BCUT2D eigenvalue weighted by molar-refractivity contribution is 5.85. The molecule has 0 aromatic carbocycles. The molecule has 0 aromatic heterocycles. The summed E-state index contributed by atoms with van der Waals surface area (Å²) >= 11 is 0. The summed E-state index contributed by atoms with van der Waals surface area (Å²) in [6.07, 6.45) is 4.75. The van der Waals surface area contributed by atoms with Gasteiger partial charge in [-0.15, -0.1) is 0 Å². The standard InChI is InChI=1S/C13H26N2O/c1-5-14-13(3,4)12(16)15-11-8-6-10(2)7-9-11/h10-11,14H,5-9H2,1-4H3,(H,15,16). The van der Waals surface area contributed by atoms with Crippen LogP contribution in [0.2, 0.25) is 0 Å². The molecule has 94 valence electrons. The van der Waals surface area contributed by atoms with Crippen LogP contribution in [0.5, 0.6) is 0 Å². The first-order valence-corrected chi connectivity index (χ1v) is 6.51. The van der Waals surface area contributed by atoms with Gasteiger partial charge in [-0.05, 0) is 52.0 Å². The van der Waals surface area contributed by atoms with E-state index in [-0.39, 0.29) is 5.91 Å². The number of carbonyl (C=O) groups excluding carboxylic acids is 1. The Morgan fingerprint density at radius 3 is 2.31 bits per heavy atom. The first-order chi connectivity index (χ1) is 7.45. The number of likely N-dealkylation sites (N-methyl/N-ethyl adjacent to an activating group) is 1. The Hall–Kier alpha value is -0.570. The summed E-state index contributed by atoms with van der Waals surface area (Å²) in [5, 5.41) is 6.37. The Morgan fingerprint density at radius 2 is 1.81 bits per heavy atom. The Morgan fingerprint density at radius 1 is 1.25 bits per heavy atom. The van der Waals surface area contributed by atoms with E-state index < -0.39 is 5.54 Å². The molecule has 0 aromatic rings. The van der Waals surface area contributed by atoms with Crippen LogP contribution in [0.25, 0.3) is 0 Å². The van der Waals surface area contributed by atoms with Gasteiger partial charge in [-0.2, -0.15) is 0 Å². The van der Waals surface area contributed by atoms with Crippen molar-refractivity contribution in [2.45, 2.75) is 65.0 Å². The summed E-state index contributed by atoms with van der Waals surface area (Å²) in [6.45, 7) is 9.02. The number of hydrogen-bond donors (Lipinski definition) is 2. The van der Waals surface area contributed by atoms with E-state index in [0.717, 1.165) is 25.3 Å². The third-order valence-corrected chi connectivity index (χ3v) is 3.54. The third-order valence-electron chi connectivity index (χ3n) is 3.54. The fourth-order valence-corrected chi connectivity index (χ4v) is 2.29. The topological polar surface area (TPSA) is 41.1 Å². The van der Waals surface area contributed by atoms with Gasteiger partial charge in [-0.1, -0.05) is 13.8 Å². The van der Waals surface area contributed by atoms with Crippen molar-refractivity contribution in [2.24, 2.45) is 5.92 Å². The van der Waals surface area contributed by atoms with Crippen LogP contribution in [0, 0.1) is 5.92 Å². The molecule has 1 amide bonds. The summed E-state index contributed by atoms with van der Waals surface area (Å²) < 4.78 is 0. The molecule has 1 saturated carbocycles. The molecule has 2 N–H and O–H groups in total. The van der Waals surface area contributed by atoms with Crippen LogP contribution in [-0.2, 0) is 4.79 Å². The van der Waals surface area contributed by atoms with Gasteiger partial charge < -0.3 is 10.6 Å². The molecular formula is C13H26N2O. The summed E-state index contributed by atoms with van der Waals surface area (Å²) in [6, 6.07) is 0.390. The fraction of sp³-hybridized carbons (Fsp3) is 0.923. The molecule has 16 heavy (non-hydrogen) atoms. The molecule has 0 bridgehead atoms. The van der Waals surface area contributed by atoms with E-state index in [1.54, 1.807) is 0 Å². The molecule has 0 radical (unpaired) electrons. The number of nitrogens with one attached hydrogen (secondary N) is 2. The maximum atomic E-state index is 12.0. The first-order valence-electron chi connectivity index (χ1n) is 6.51. The van der Waals surface area contributed by atoms with E-state index in [0.29, 0.717) is 6.04 Å². The minimum Gasteiger partial charge on any atom is -0.352 e. The lowest BCUT2D eigenvalue weighted by Gasteiger charge is -2.31. The van der Waals surface area contributed by atoms with Crippen molar-refractivity contribution in [3.63, 3.8) is 0 Å². The van der Waals surface area contributed by atoms with Gasteiger partial charge in [0.25, 0.3) is 0 Å². The quantitative estimate of drug-likeness (QED) is 0.770. The smallest absolute Gasteiger partial charge is 0.239 e. The third kappa shape index (κ3) is 3.78. The molecule has 3 nitrogen and oxygen atoms in total. The molecule has 0 saturated heterocycles. The van der Waals surface area contributed by atoms with E-state index in [9.17, 15) is 4.79 Å². The molecule has 1 aliphatic carbocycles. The molecule has 3 heteroatoms. The van der Waals surface area contributed by atoms with Crippen LogP contribution < -0.4 is 10.6 Å². The molecule has 1 aliphatic rings. The zero-order valence-corrected chi connectivity index (χ0v) is 11.1. The van der Waals surface area contributed by atoms with E-state index >= 15 is 0 Å². The molecule has 0 spiro atoms. The SMILES string of the molecule is CCNC(C)(C)C(=O)NC1CCC(C)CC1. The lowest BCUT2D eigenvalue weighted by atomic mass is 9.87. The highest BCUT2D eigenvalue weighted by Gasteiger charge is 2.29. The van der Waals surface area contributed by atoms with Crippen molar-refractivity contribution in [1.29, 1.82) is 0 Å². The molecule has 0 atom stereocenters. The van der Waals surface area contributed by atoms with Crippen molar-refractivity contribution in [2.75, 3.05) is 6.54 Å². The van der Waals surface area contributed by atoms with Crippen molar-refractivity contribution >= 4 is 5.91 Å². The molecule has 0 aliphatic heterocycles. The van der Waals surface area contributed by atoms with Crippen LogP contribution in [0.4, 0.5) is 0 Å². The second-order valence-electron chi connectivity index (χ2n) is 5.59. The van der Waals surface area contributed by atoms with Gasteiger partial charge in [0, 0.05) is 6.04 Å². The normalized spacial score (nSPS) is 26.5. The van der Waals surface area contributed by atoms with Gasteiger partial charge in [0.05, 0.1) is 5.54 Å². The van der Waals surface area contributed by atoms with Crippen molar-refractivity contribution < 1.29 is 4.79 Å². The Labute approximate surface area is 99.4 Å². The lowest BCUT2D eigenvalue weighted by molar-refractivity contribution is -0.127. The van der Waals surface area contributed by atoms with Crippen LogP contribution in [-0.4, -0.2) is 24.0 Å². The maximum Gasteiger partial charge on any atom is 0.239 e. The maximum absolute atomic E-state index is 12.0. The van der Waals surface area contributed by atoms with Gasteiger partial charge in [0.2, 0.25) is 5.91 Å². The van der Waals surface area contributed by atoms with Crippen molar-refractivity contribution in [3.8, 4) is 0 Å². The Bertz CT molecular complexity index is 230. The largest absolute Gasteiger partial charge is 0.352 e.